The molecule has 0 unspecified atom stereocenters. The smallest absolute Gasteiger partial charge is 0.130 e. The molecule has 0 aromatic heterocycles. The van der Waals surface area contributed by atoms with Crippen LogP contribution in [-0.2, 0) is 6.61 Å². The maximum atomic E-state index is 13.6. The highest BCUT2D eigenvalue weighted by Crippen LogP contribution is 2.23. The Morgan fingerprint density at radius 1 is 1.11 bits per heavy atom. The van der Waals surface area contributed by atoms with Gasteiger partial charge in [0.15, 0.2) is 0 Å². The Morgan fingerprint density at radius 2 is 1.89 bits per heavy atom. The lowest BCUT2D eigenvalue weighted by Crippen LogP contribution is -1.98. The lowest BCUT2D eigenvalue weighted by Gasteiger charge is -2.08. The Morgan fingerprint density at radius 3 is 2.56 bits per heavy atom. The van der Waals surface area contributed by atoms with Crippen LogP contribution in [0, 0.1) is 12.7 Å². The number of rotatable bonds is 3. The summed E-state index contributed by atoms with van der Waals surface area (Å²) in [6.45, 7) is 2.21. The van der Waals surface area contributed by atoms with Crippen molar-refractivity contribution in [3.63, 3.8) is 0 Å². The second kappa shape index (κ2) is 5.85. The minimum atomic E-state index is -0.266. The summed E-state index contributed by atoms with van der Waals surface area (Å²) in [7, 11) is 0. The molecule has 0 aliphatic rings. The number of hydrogen-bond donors (Lipinski definition) is 0. The zero-order valence-electron chi connectivity index (χ0n) is 9.71. The van der Waals surface area contributed by atoms with E-state index >= 15 is 0 Å². The van der Waals surface area contributed by atoms with Crippen LogP contribution < -0.4 is 4.74 Å². The monoisotopic (exact) mass is 372 g/mol. The highest BCUT2D eigenvalue weighted by molar-refractivity contribution is 9.10. The van der Waals surface area contributed by atoms with Gasteiger partial charge in [-0.05, 0) is 42.8 Å². The molecular weight excluding hydrogens is 363 g/mol. The third kappa shape index (κ3) is 3.33. The first-order valence-corrected chi connectivity index (χ1v) is 6.98. The predicted molar refractivity (Wildman–Crippen MR) is 77.3 cm³/mol. The van der Waals surface area contributed by atoms with Crippen molar-refractivity contribution in [3.8, 4) is 5.75 Å². The van der Waals surface area contributed by atoms with Crippen LogP contribution in [0.15, 0.2) is 45.3 Å². The molecule has 0 heterocycles. The predicted octanol–water partition coefficient (Wildman–Crippen LogP) is 5.24. The van der Waals surface area contributed by atoms with Crippen LogP contribution in [0.2, 0.25) is 0 Å². The molecule has 18 heavy (non-hydrogen) atoms. The maximum Gasteiger partial charge on any atom is 0.130 e. The van der Waals surface area contributed by atoms with E-state index in [0.717, 1.165) is 20.3 Å². The van der Waals surface area contributed by atoms with Gasteiger partial charge in [0.05, 0.1) is 0 Å². The molecule has 0 spiro atoms. The first-order chi connectivity index (χ1) is 8.56. The van der Waals surface area contributed by atoms with Crippen molar-refractivity contribution < 1.29 is 9.13 Å². The van der Waals surface area contributed by atoms with Gasteiger partial charge in [-0.2, -0.15) is 0 Å². The second-order valence-corrected chi connectivity index (χ2v) is 5.71. The van der Waals surface area contributed by atoms with E-state index in [-0.39, 0.29) is 12.4 Å². The maximum absolute atomic E-state index is 13.6. The van der Waals surface area contributed by atoms with E-state index in [1.165, 1.54) is 6.07 Å². The average Bonchev–Trinajstić information content (AvgIpc) is 2.32. The van der Waals surface area contributed by atoms with Crippen molar-refractivity contribution in [1.29, 1.82) is 0 Å². The van der Waals surface area contributed by atoms with Crippen molar-refractivity contribution >= 4 is 31.9 Å². The zero-order chi connectivity index (χ0) is 13.1. The van der Waals surface area contributed by atoms with Gasteiger partial charge in [-0.25, -0.2) is 4.39 Å². The van der Waals surface area contributed by atoms with Gasteiger partial charge >= 0.3 is 0 Å². The molecule has 4 heteroatoms. The van der Waals surface area contributed by atoms with E-state index in [2.05, 4.69) is 31.9 Å². The van der Waals surface area contributed by atoms with Crippen molar-refractivity contribution in [2.75, 3.05) is 0 Å². The van der Waals surface area contributed by atoms with E-state index in [1.54, 1.807) is 12.1 Å². The Kier molecular flexibility index (Phi) is 4.40. The summed E-state index contributed by atoms with van der Waals surface area (Å²) in [5, 5.41) is 0. The van der Waals surface area contributed by atoms with E-state index in [4.69, 9.17) is 4.74 Å². The van der Waals surface area contributed by atoms with Crippen molar-refractivity contribution in [1.82, 2.24) is 0 Å². The lowest BCUT2D eigenvalue weighted by atomic mass is 10.2. The Bertz CT molecular complexity index is 570. The molecule has 94 valence electrons. The minimum absolute atomic E-state index is 0.222. The topological polar surface area (TPSA) is 9.23 Å². The van der Waals surface area contributed by atoms with Gasteiger partial charge in [0.1, 0.15) is 18.2 Å². The van der Waals surface area contributed by atoms with Crippen LogP contribution in [-0.4, -0.2) is 0 Å². The molecule has 0 atom stereocenters. The van der Waals surface area contributed by atoms with E-state index in [0.29, 0.717) is 5.56 Å². The van der Waals surface area contributed by atoms with E-state index in [9.17, 15) is 4.39 Å². The fourth-order valence-electron chi connectivity index (χ4n) is 1.51. The van der Waals surface area contributed by atoms with Gasteiger partial charge < -0.3 is 4.74 Å². The SMILES string of the molecule is Cc1cc(OCc2ccc(Br)cc2F)ccc1Br. The molecule has 0 fully saturated rings. The summed E-state index contributed by atoms with van der Waals surface area (Å²) < 4.78 is 20.9. The molecular formula is C14H11Br2FO. The van der Waals surface area contributed by atoms with Crippen LogP contribution in [0.3, 0.4) is 0 Å². The number of benzene rings is 2. The molecule has 2 aromatic carbocycles. The summed E-state index contributed by atoms with van der Waals surface area (Å²) in [5.74, 6) is 0.469. The highest BCUT2D eigenvalue weighted by atomic mass is 79.9. The molecule has 2 aromatic rings. The van der Waals surface area contributed by atoms with Crippen molar-refractivity contribution in [3.05, 3.63) is 62.3 Å². The van der Waals surface area contributed by atoms with Gasteiger partial charge in [-0.15, -0.1) is 0 Å². The summed E-state index contributed by atoms with van der Waals surface area (Å²) in [6, 6.07) is 10.6. The van der Waals surface area contributed by atoms with Crippen LogP contribution in [0.5, 0.6) is 5.75 Å². The molecule has 0 bridgehead atoms. The molecule has 0 N–H and O–H groups in total. The quantitative estimate of drug-likeness (QED) is 0.714. The van der Waals surface area contributed by atoms with Crippen LogP contribution >= 0.6 is 31.9 Å². The highest BCUT2D eigenvalue weighted by Gasteiger charge is 2.04. The Hall–Kier alpha value is -0.870. The third-order valence-corrected chi connectivity index (χ3v) is 3.92. The number of aryl methyl sites for hydroxylation is 1. The molecule has 0 radical (unpaired) electrons. The molecule has 0 saturated carbocycles. The van der Waals surface area contributed by atoms with E-state index in [1.807, 2.05) is 25.1 Å². The number of hydrogen-bond acceptors (Lipinski definition) is 1. The molecule has 0 amide bonds. The lowest BCUT2D eigenvalue weighted by molar-refractivity contribution is 0.299. The number of ether oxygens (including phenoxy) is 1. The van der Waals surface area contributed by atoms with Gasteiger partial charge in [0.25, 0.3) is 0 Å². The zero-order valence-corrected chi connectivity index (χ0v) is 12.9. The molecule has 0 saturated heterocycles. The normalized spacial score (nSPS) is 10.4. The third-order valence-electron chi connectivity index (χ3n) is 2.54. The fourth-order valence-corrected chi connectivity index (χ4v) is 2.09. The molecule has 0 aliphatic carbocycles. The second-order valence-electron chi connectivity index (χ2n) is 3.94. The Labute approximate surface area is 122 Å². The molecule has 2 rings (SSSR count). The van der Waals surface area contributed by atoms with E-state index < -0.39 is 0 Å². The average molecular weight is 374 g/mol. The van der Waals surface area contributed by atoms with Gasteiger partial charge in [-0.1, -0.05) is 37.9 Å². The largest absolute Gasteiger partial charge is 0.489 e. The van der Waals surface area contributed by atoms with Gasteiger partial charge in [0, 0.05) is 14.5 Å². The first-order valence-electron chi connectivity index (χ1n) is 5.39. The first kappa shape index (κ1) is 13.6. The van der Waals surface area contributed by atoms with Crippen LogP contribution in [0.1, 0.15) is 11.1 Å². The van der Waals surface area contributed by atoms with Crippen molar-refractivity contribution in [2.24, 2.45) is 0 Å². The van der Waals surface area contributed by atoms with Gasteiger partial charge in [-0.3, -0.25) is 0 Å². The van der Waals surface area contributed by atoms with Crippen molar-refractivity contribution in [2.45, 2.75) is 13.5 Å². The minimum Gasteiger partial charge on any atom is -0.489 e. The van der Waals surface area contributed by atoms with Gasteiger partial charge in [0.2, 0.25) is 0 Å². The molecule has 1 nitrogen and oxygen atoms in total. The fraction of sp³-hybridized carbons (Fsp3) is 0.143. The van der Waals surface area contributed by atoms with Crippen LogP contribution in [0.25, 0.3) is 0 Å². The Balaban J connectivity index is 2.09. The summed E-state index contributed by atoms with van der Waals surface area (Å²) in [4.78, 5) is 0. The summed E-state index contributed by atoms with van der Waals surface area (Å²) in [6.07, 6.45) is 0. The summed E-state index contributed by atoms with van der Waals surface area (Å²) in [5.41, 5.74) is 1.63. The molecule has 0 aliphatic heterocycles. The number of halogens is 3. The standard InChI is InChI=1S/C14H11Br2FO/c1-9-6-12(4-5-13(9)16)18-8-10-2-3-11(15)7-14(10)17/h2-7H,8H2,1H3. The van der Waals surface area contributed by atoms with Crippen LogP contribution in [0.4, 0.5) is 4.39 Å². The summed E-state index contributed by atoms with van der Waals surface area (Å²) >= 11 is 6.65.